The molecule has 1 fully saturated rings. The summed E-state index contributed by atoms with van der Waals surface area (Å²) in [5.41, 5.74) is -0.359. The Morgan fingerprint density at radius 1 is 1.08 bits per heavy atom. The number of benzene rings is 2. The molecule has 1 saturated heterocycles. The number of anilines is 2. The second-order valence-electron chi connectivity index (χ2n) is 7.92. The van der Waals surface area contributed by atoms with E-state index in [1.54, 1.807) is 4.90 Å². The fraction of sp³-hybridized carbons (Fsp3) is 0.227. The zero-order chi connectivity index (χ0) is 28.2. The smallest absolute Gasteiger partial charge is 0.338 e. The van der Waals surface area contributed by atoms with Crippen molar-refractivity contribution in [2.75, 3.05) is 43.1 Å². The van der Waals surface area contributed by atoms with Crippen molar-refractivity contribution in [1.82, 2.24) is 4.98 Å². The zero-order valence-electron chi connectivity index (χ0n) is 19.8. The van der Waals surface area contributed by atoms with Crippen molar-refractivity contribution >= 4 is 55.2 Å². The van der Waals surface area contributed by atoms with E-state index in [0.29, 0.717) is 43.3 Å². The Labute approximate surface area is 224 Å². The molecule has 1 N–H and O–H groups in total. The molecule has 0 unspecified atom stereocenters. The van der Waals surface area contributed by atoms with Crippen LogP contribution in [0, 0.1) is 20.2 Å². The van der Waals surface area contributed by atoms with E-state index in [-0.39, 0.29) is 31.2 Å². The molecule has 0 radical (unpaired) electrons. The third-order valence-corrected chi connectivity index (χ3v) is 8.59. The van der Waals surface area contributed by atoms with Gasteiger partial charge in [-0.2, -0.15) is 0 Å². The topological polar surface area (TPSA) is 201 Å². The summed E-state index contributed by atoms with van der Waals surface area (Å²) in [6.45, 7) is 0.984. The van der Waals surface area contributed by atoms with E-state index in [4.69, 9.17) is 9.47 Å². The first-order valence-corrected chi connectivity index (χ1v) is 13.4. The minimum absolute atomic E-state index is 0.0953. The van der Waals surface area contributed by atoms with E-state index in [1.165, 1.54) is 12.1 Å². The number of morpholine rings is 1. The number of carbonyl (C=O) groups excluding carboxylic acids is 2. The van der Waals surface area contributed by atoms with Crippen molar-refractivity contribution in [3.8, 4) is 0 Å². The number of nitro benzene ring substituents is 2. The molecule has 204 valence electrons. The summed E-state index contributed by atoms with van der Waals surface area (Å²) >= 11 is 0.630. The maximum absolute atomic E-state index is 12.7. The van der Waals surface area contributed by atoms with Gasteiger partial charge in [-0.05, 0) is 24.3 Å². The summed E-state index contributed by atoms with van der Waals surface area (Å²) in [5.74, 6) is -1.79. The number of aromatic nitrogens is 1. The summed E-state index contributed by atoms with van der Waals surface area (Å²) in [4.78, 5) is 51.2. The van der Waals surface area contributed by atoms with Crippen LogP contribution in [0.4, 0.5) is 22.2 Å². The van der Waals surface area contributed by atoms with Crippen molar-refractivity contribution in [3.63, 3.8) is 0 Å². The summed E-state index contributed by atoms with van der Waals surface area (Å²) in [6.07, 6.45) is 1.01. The van der Waals surface area contributed by atoms with E-state index < -0.39 is 38.2 Å². The SMILES string of the molecule is O=C(COC(=O)c1ccc(N2CCOCC2)c([N+](=O)[O-])c1)Nc1ncc(S(=O)(=O)c2ccc([N+](=O)[O-])cc2)s1. The number of rotatable bonds is 9. The average molecular weight is 578 g/mol. The zero-order valence-corrected chi connectivity index (χ0v) is 21.5. The van der Waals surface area contributed by atoms with Crippen LogP contribution >= 0.6 is 11.3 Å². The highest BCUT2D eigenvalue weighted by Gasteiger charge is 2.25. The Morgan fingerprint density at radius 2 is 1.77 bits per heavy atom. The number of hydrogen-bond acceptors (Lipinski definition) is 13. The van der Waals surface area contributed by atoms with Gasteiger partial charge in [0.1, 0.15) is 9.90 Å². The number of amides is 1. The van der Waals surface area contributed by atoms with Gasteiger partial charge in [0.05, 0.1) is 39.7 Å². The molecular formula is C22H19N5O10S2. The lowest BCUT2D eigenvalue weighted by atomic mass is 10.1. The standard InChI is InChI=1S/C22H19N5O10S2/c28-19(24-22-23-12-20(38-22)39(34,35)16-4-2-15(3-5-16)26(30)31)13-37-21(29)14-1-6-17(18(11-14)27(32)33)25-7-9-36-10-8-25/h1-6,11-12H,7-10,13H2,(H,23,24,28). The largest absolute Gasteiger partial charge is 0.452 e. The average Bonchev–Trinajstić information content (AvgIpc) is 3.41. The van der Waals surface area contributed by atoms with E-state index in [1.807, 2.05) is 0 Å². The molecule has 0 aliphatic carbocycles. The van der Waals surface area contributed by atoms with Crippen LogP contribution in [-0.2, 0) is 24.1 Å². The number of non-ortho nitro benzene ring substituents is 1. The van der Waals surface area contributed by atoms with Gasteiger partial charge in [0.2, 0.25) is 9.84 Å². The summed E-state index contributed by atoms with van der Waals surface area (Å²) in [5, 5.41) is 24.6. The normalized spacial score (nSPS) is 13.5. The van der Waals surface area contributed by atoms with Crippen molar-refractivity contribution in [2.24, 2.45) is 0 Å². The fourth-order valence-corrected chi connectivity index (χ4v) is 5.99. The number of hydrogen-bond donors (Lipinski definition) is 1. The van der Waals surface area contributed by atoms with E-state index in [9.17, 15) is 38.2 Å². The molecule has 2 aromatic carbocycles. The maximum Gasteiger partial charge on any atom is 0.338 e. The third-order valence-electron chi connectivity index (χ3n) is 5.45. The predicted octanol–water partition coefficient (Wildman–Crippen LogP) is 2.42. The third kappa shape index (κ3) is 6.33. The molecular weight excluding hydrogens is 558 g/mol. The molecule has 1 aromatic heterocycles. The van der Waals surface area contributed by atoms with Gasteiger partial charge in [-0.3, -0.25) is 30.3 Å². The molecule has 17 heteroatoms. The Morgan fingerprint density at radius 3 is 2.41 bits per heavy atom. The molecule has 4 rings (SSSR count). The lowest BCUT2D eigenvalue weighted by molar-refractivity contribution is -0.384. The van der Waals surface area contributed by atoms with Crippen molar-refractivity contribution < 1.29 is 37.3 Å². The quantitative estimate of drug-likeness (QED) is 0.221. The molecule has 39 heavy (non-hydrogen) atoms. The maximum atomic E-state index is 12.7. The van der Waals surface area contributed by atoms with Gasteiger partial charge < -0.3 is 14.4 Å². The molecule has 0 atom stereocenters. The molecule has 2 heterocycles. The van der Waals surface area contributed by atoms with Gasteiger partial charge in [-0.15, -0.1) is 0 Å². The van der Waals surface area contributed by atoms with E-state index >= 15 is 0 Å². The van der Waals surface area contributed by atoms with Crippen LogP contribution in [0.5, 0.6) is 0 Å². The number of carbonyl (C=O) groups is 2. The first-order chi connectivity index (χ1) is 18.6. The highest BCUT2D eigenvalue weighted by Crippen LogP contribution is 2.31. The van der Waals surface area contributed by atoms with Crippen molar-refractivity contribution in [1.29, 1.82) is 0 Å². The Kier molecular flexibility index (Phi) is 8.12. The van der Waals surface area contributed by atoms with Gasteiger partial charge in [0.25, 0.3) is 17.3 Å². The van der Waals surface area contributed by atoms with Crippen LogP contribution in [0.25, 0.3) is 0 Å². The highest BCUT2D eigenvalue weighted by molar-refractivity contribution is 7.93. The molecule has 15 nitrogen and oxygen atoms in total. The van der Waals surface area contributed by atoms with E-state index in [2.05, 4.69) is 10.3 Å². The van der Waals surface area contributed by atoms with Gasteiger partial charge in [-0.25, -0.2) is 18.2 Å². The van der Waals surface area contributed by atoms with Crippen molar-refractivity contribution in [3.05, 3.63) is 74.5 Å². The van der Waals surface area contributed by atoms with E-state index in [0.717, 1.165) is 36.5 Å². The number of nitrogens with zero attached hydrogens (tertiary/aromatic N) is 4. The molecule has 0 spiro atoms. The molecule has 1 aliphatic heterocycles. The predicted molar refractivity (Wildman–Crippen MR) is 136 cm³/mol. The van der Waals surface area contributed by atoms with Gasteiger partial charge in [0, 0.05) is 31.3 Å². The number of nitro groups is 2. The molecule has 0 saturated carbocycles. The van der Waals surface area contributed by atoms with Crippen LogP contribution in [0.3, 0.4) is 0 Å². The Balaban J connectivity index is 1.37. The number of sulfone groups is 1. The molecule has 1 amide bonds. The summed E-state index contributed by atoms with van der Waals surface area (Å²) < 4.78 is 35.5. The van der Waals surface area contributed by atoms with Crippen LogP contribution in [0.2, 0.25) is 0 Å². The minimum Gasteiger partial charge on any atom is -0.452 e. The highest BCUT2D eigenvalue weighted by atomic mass is 32.2. The van der Waals surface area contributed by atoms with Gasteiger partial charge in [0.15, 0.2) is 11.7 Å². The minimum atomic E-state index is -4.05. The number of thiazole rings is 1. The first kappa shape index (κ1) is 27.6. The van der Waals surface area contributed by atoms with Crippen molar-refractivity contribution in [2.45, 2.75) is 9.10 Å². The lowest BCUT2D eigenvalue weighted by Gasteiger charge is -2.28. The number of nitrogens with one attached hydrogen (secondary N) is 1. The molecule has 1 aliphatic rings. The first-order valence-electron chi connectivity index (χ1n) is 11.1. The Bertz CT molecular complexity index is 1530. The summed E-state index contributed by atoms with van der Waals surface area (Å²) in [6, 6.07) is 8.13. The monoisotopic (exact) mass is 577 g/mol. The number of ether oxygens (including phenoxy) is 2. The summed E-state index contributed by atoms with van der Waals surface area (Å²) in [7, 11) is -4.05. The van der Waals surface area contributed by atoms with Crippen LogP contribution in [-0.4, -0.2) is 68.0 Å². The molecule has 3 aromatic rings. The second-order valence-corrected chi connectivity index (χ2v) is 11.1. The second kappa shape index (κ2) is 11.5. The van der Waals surface area contributed by atoms with Crippen LogP contribution < -0.4 is 10.2 Å². The molecule has 0 bridgehead atoms. The Hall–Kier alpha value is -4.48. The fourth-order valence-electron chi connectivity index (χ4n) is 3.54. The van der Waals surface area contributed by atoms with Gasteiger partial charge >= 0.3 is 5.97 Å². The van der Waals surface area contributed by atoms with Gasteiger partial charge in [-0.1, -0.05) is 11.3 Å². The lowest BCUT2D eigenvalue weighted by Crippen LogP contribution is -2.36. The van der Waals surface area contributed by atoms with Crippen LogP contribution in [0.1, 0.15) is 10.4 Å². The van der Waals surface area contributed by atoms with Crippen LogP contribution in [0.15, 0.2) is 57.8 Å². The number of esters is 1.